The molecule has 0 radical (unpaired) electrons. The Bertz CT molecular complexity index is 909. The lowest BCUT2D eigenvalue weighted by atomic mass is 9.81. The Morgan fingerprint density at radius 3 is 2.45 bits per heavy atom. The number of carbonyl (C=O) groups excluding carboxylic acids is 1. The van der Waals surface area contributed by atoms with Crippen molar-refractivity contribution in [3.63, 3.8) is 0 Å². The first-order valence-corrected chi connectivity index (χ1v) is 11.8. The van der Waals surface area contributed by atoms with E-state index in [-0.39, 0.29) is 5.92 Å². The number of allylic oxidation sites excluding steroid dienone is 1. The van der Waals surface area contributed by atoms with E-state index in [1.165, 1.54) is 16.8 Å². The van der Waals surface area contributed by atoms with Gasteiger partial charge in [-0.15, -0.1) is 0 Å². The molecule has 0 aliphatic carbocycles. The van der Waals surface area contributed by atoms with Gasteiger partial charge in [0.25, 0.3) is 0 Å². The number of aromatic nitrogens is 2. The van der Waals surface area contributed by atoms with E-state index >= 15 is 0 Å². The normalized spacial score (nSPS) is 20.9. The molecule has 1 atom stereocenters. The minimum Gasteiger partial charge on any atom is -0.334 e. The van der Waals surface area contributed by atoms with Crippen LogP contribution >= 0.6 is 0 Å². The van der Waals surface area contributed by atoms with Gasteiger partial charge in [-0.05, 0) is 64.6 Å². The number of nitrogens with zero attached hydrogens (tertiary/aromatic N) is 4. The Morgan fingerprint density at radius 1 is 1.03 bits per heavy atom. The third-order valence-electron chi connectivity index (χ3n) is 7.14. The highest BCUT2D eigenvalue weighted by atomic mass is 16.2. The van der Waals surface area contributed by atoms with Crippen molar-refractivity contribution in [2.75, 3.05) is 19.6 Å². The zero-order valence-corrected chi connectivity index (χ0v) is 19.3. The van der Waals surface area contributed by atoms with Crippen molar-refractivity contribution in [2.45, 2.75) is 59.7 Å². The standard InChI is InChI=1S/C26H36N4O/c1-4-30-21(3)25(20(2)27-30)19-28-16-13-23(14-17-28)24-12-8-9-15-29(26(24)31)18-22-10-6-5-7-11-22/h5-11,23-24H,4,12-19H2,1-3H3/t24-/m1/s1. The molecule has 5 heteroatoms. The Morgan fingerprint density at radius 2 is 1.77 bits per heavy atom. The van der Waals surface area contributed by atoms with Crippen LogP contribution in [0.1, 0.15) is 48.7 Å². The monoisotopic (exact) mass is 420 g/mol. The van der Waals surface area contributed by atoms with Crippen molar-refractivity contribution >= 4 is 5.91 Å². The maximum absolute atomic E-state index is 13.4. The molecule has 2 aliphatic rings. The van der Waals surface area contributed by atoms with Gasteiger partial charge < -0.3 is 4.90 Å². The number of rotatable bonds is 6. The molecular weight excluding hydrogens is 384 g/mol. The number of piperidine rings is 1. The maximum atomic E-state index is 13.4. The van der Waals surface area contributed by atoms with Crippen LogP contribution in [0.5, 0.6) is 0 Å². The molecule has 3 heterocycles. The highest BCUT2D eigenvalue weighted by Gasteiger charge is 2.34. The maximum Gasteiger partial charge on any atom is 0.226 e. The van der Waals surface area contributed by atoms with Crippen molar-refractivity contribution in [1.82, 2.24) is 19.6 Å². The molecule has 1 aromatic carbocycles. The molecule has 1 saturated heterocycles. The Kier molecular flexibility index (Phi) is 6.91. The smallest absolute Gasteiger partial charge is 0.226 e. The first kappa shape index (κ1) is 21.8. The van der Waals surface area contributed by atoms with E-state index in [9.17, 15) is 4.79 Å². The molecule has 0 bridgehead atoms. The minimum atomic E-state index is 0.121. The van der Waals surface area contributed by atoms with Crippen LogP contribution in [0.2, 0.25) is 0 Å². The van der Waals surface area contributed by atoms with Crippen LogP contribution in [-0.4, -0.2) is 45.1 Å². The zero-order valence-electron chi connectivity index (χ0n) is 19.3. The third kappa shape index (κ3) is 4.93. The Balaban J connectivity index is 1.37. The van der Waals surface area contributed by atoms with Crippen molar-refractivity contribution in [2.24, 2.45) is 11.8 Å². The van der Waals surface area contributed by atoms with Gasteiger partial charge in [-0.1, -0.05) is 42.5 Å². The topological polar surface area (TPSA) is 41.4 Å². The van der Waals surface area contributed by atoms with E-state index in [4.69, 9.17) is 0 Å². The summed E-state index contributed by atoms with van der Waals surface area (Å²) in [5, 5.41) is 4.68. The summed E-state index contributed by atoms with van der Waals surface area (Å²) in [5.74, 6) is 0.935. The molecule has 0 unspecified atom stereocenters. The van der Waals surface area contributed by atoms with Gasteiger partial charge in [-0.2, -0.15) is 5.10 Å². The summed E-state index contributed by atoms with van der Waals surface area (Å²) in [4.78, 5) is 18.0. The predicted octanol–water partition coefficient (Wildman–Crippen LogP) is 4.34. The second-order valence-corrected chi connectivity index (χ2v) is 9.10. The first-order valence-electron chi connectivity index (χ1n) is 11.8. The summed E-state index contributed by atoms with van der Waals surface area (Å²) in [6.07, 6.45) is 7.49. The van der Waals surface area contributed by atoms with Gasteiger partial charge in [0.05, 0.1) is 5.69 Å². The number of likely N-dealkylation sites (tertiary alicyclic amines) is 1. The van der Waals surface area contributed by atoms with Gasteiger partial charge >= 0.3 is 0 Å². The molecule has 0 spiro atoms. The summed E-state index contributed by atoms with van der Waals surface area (Å²) >= 11 is 0. The van der Waals surface area contributed by atoms with Gasteiger partial charge in [-0.3, -0.25) is 14.4 Å². The molecule has 1 amide bonds. The summed E-state index contributed by atoms with van der Waals surface area (Å²) in [6.45, 7) is 11.9. The van der Waals surface area contributed by atoms with Gasteiger partial charge in [0.1, 0.15) is 0 Å². The number of aryl methyl sites for hydroxylation is 2. The van der Waals surface area contributed by atoms with Gasteiger partial charge in [0.2, 0.25) is 5.91 Å². The van der Waals surface area contributed by atoms with E-state index in [1.807, 2.05) is 23.1 Å². The molecule has 0 saturated carbocycles. The average Bonchev–Trinajstić information content (AvgIpc) is 2.94. The van der Waals surface area contributed by atoms with Crippen molar-refractivity contribution in [3.8, 4) is 0 Å². The van der Waals surface area contributed by atoms with Gasteiger partial charge in [0.15, 0.2) is 0 Å². The van der Waals surface area contributed by atoms with Crippen LogP contribution in [-0.2, 0) is 24.4 Å². The van der Waals surface area contributed by atoms with Crippen molar-refractivity contribution in [3.05, 3.63) is 65.0 Å². The molecule has 1 fully saturated rings. The van der Waals surface area contributed by atoms with Gasteiger partial charge in [0, 0.05) is 43.4 Å². The van der Waals surface area contributed by atoms with Gasteiger partial charge in [-0.25, -0.2) is 0 Å². The molecule has 2 aromatic rings. The van der Waals surface area contributed by atoms with Crippen LogP contribution in [0.15, 0.2) is 42.5 Å². The largest absolute Gasteiger partial charge is 0.334 e. The summed E-state index contributed by atoms with van der Waals surface area (Å²) in [6, 6.07) is 10.4. The second-order valence-electron chi connectivity index (χ2n) is 9.10. The molecule has 5 nitrogen and oxygen atoms in total. The Labute approximate surface area is 186 Å². The quantitative estimate of drug-likeness (QED) is 0.653. The van der Waals surface area contributed by atoms with Crippen LogP contribution in [0.25, 0.3) is 0 Å². The van der Waals surface area contributed by atoms with E-state index in [2.05, 4.69) is 59.7 Å². The van der Waals surface area contributed by atoms with E-state index in [0.717, 1.165) is 57.7 Å². The zero-order chi connectivity index (χ0) is 21.8. The lowest BCUT2D eigenvalue weighted by Gasteiger charge is -2.36. The molecule has 166 valence electrons. The average molecular weight is 421 g/mol. The van der Waals surface area contributed by atoms with E-state index in [1.54, 1.807) is 0 Å². The third-order valence-corrected chi connectivity index (χ3v) is 7.14. The molecule has 31 heavy (non-hydrogen) atoms. The van der Waals surface area contributed by atoms with Crippen LogP contribution in [0, 0.1) is 25.7 Å². The fourth-order valence-corrected chi connectivity index (χ4v) is 5.22. The lowest BCUT2D eigenvalue weighted by Crippen LogP contribution is -2.42. The summed E-state index contributed by atoms with van der Waals surface area (Å²) < 4.78 is 2.11. The number of hydrogen-bond acceptors (Lipinski definition) is 3. The predicted molar refractivity (Wildman–Crippen MR) is 124 cm³/mol. The molecular formula is C26H36N4O. The Hall–Kier alpha value is -2.40. The van der Waals surface area contributed by atoms with Crippen LogP contribution in [0.4, 0.5) is 0 Å². The second kappa shape index (κ2) is 9.82. The molecule has 4 rings (SSSR count). The summed E-state index contributed by atoms with van der Waals surface area (Å²) in [5.41, 5.74) is 5.03. The molecule has 2 aliphatic heterocycles. The highest BCUT2D eigenvalue weighted by Crippen LogP contribution is 2.32. The lowest BCUT2D eigenvalue weighted by molar-refractivity contribution is -0.137. The van der Waals surface area contributed by atoms with E-state index < -0.39 is 0 Å². The highest BCUT2D eigenvalue weighted by molar-refractivity contribution is 5.80. The number of amides is 1. The fraction of sp³-hybridized carbons (Fsp3) is 0.538. The van der Waals surface area contributed by atoms with Crippen molar-refractivity contribution < 1.29 is 4.79 Å². The minimum absolute atomic E-state index is 0.121. The molecule has 1 aromatic heterocycles. The van der Waals surface area contributed by atoms with Crippen molar-refractivity contribution in [1.29, 1.82) is 0 Å². The first-order chi connectivity index (χ1) is 15.1. The number of carbonyl (C=O) groups is 1. The SMILES string of the molecule is CCn1nc(C)c(CN2CCC([C@H]3CC=CCN(Cc4ccccc4)C3=O)CC2)c1C. The van der Waals surface area contributed by atoms with Crippen LogP contribution in [0.3, 0.4) is 0 Å². The molecule has 0 N–H and O–H groups in total. The fourth-order valence-electron chi connectivity index (χ4n) is 5.22. The summed E-state index contributed by atoms with van der Waals surface area (Å²) in [7, 11) is 0. The number of hydrogen-bond donors (Lipinski definition) is 0. The van der Waals surface area contributed by atoms with E-state index in [0.29, 0.717) is 18.4 Å². The number of benzene rings is 1. The van der Waals surface area contributed by atoms with Crippen LogP contribution < -0.4 is 0 Å².